The van der Waals surface area contributed by atoms with Crippen molar-refractivity contribution in [3.63, 3.8) is 0 Å². The number of nitrogens with one attached hydrogen (secondary N) is 1. The SMILES string of the molecule is CCc1cnc(CCNC(=NC)N2CCC(OCC3CCCCO3)CC2)s1.I. The Kier molecular flexibility index (Phi) is 11.0. The maximum Gasteiger partial charge on any atom is 0.193 e. The number of ether oxygens (including phenoxy) is 2. The van der Waals surface area contributed by atoms with E-state index in [1.807, 2.05) is 24.6 Å². The zero-order chi connectivity index (χ0) is 18.9. The third kappa shape index (κ3) is 7.42. The molecule has 1 aromatic rings. The lowest BCUT2D eigenvalue weighted by atomic mass is 10.1. The molecular weight excluding hydrogens is 487 g/mol. The third-order valence-corrected chi connectivity index (χ3v) is 6.52. The first-order valence-electron chi connectivity index (χ1n) is 10.4. The van der Waals surface area contributed by atoms with Crippen LogP contribution in [0.15, 0.2) is 11.2 Å². The zero-order valence-corrected chi connectivity index (χ0v) is 20.3. The van der Waals surface area contributed by atoms with Crippen LogP contribution in [0.2, 0.25) is 0 Å². The summed E-state index contributed by atoms with van der Waals surface area (Å²) in [4.78, 5) is 12.7. The van der Waals surface area contributed by atoms with Crippen molar-refractivity contribution >= 4 is 41.3 Å². The second-order valence-electron chi connectivity index (χ2n) is 7.31. The maximum atomic E-state index is 6.12. The van der Waals surface area contributed by atoms with Crippen LogP contribution in [0.4, 0.5) is 0 Å². The van der Waals surface area contributed by atoms with Crippen molar-refractivity contribution in [1.82, 2.24) is 15.2 Å². The number of hydrogen-bond donors (Lipinski definition) is 1. The lowest BCUT2D eigenvalue weighted by Gasteiger charge is -2.35. The van der Waals surface area contributed by atoms with Gasteiger partial charge in [0.2, 0.25) is 0 Å². The molecule has 0 amide bonds. The summed E-state index contributed by atoms with van der Waals surface area (Å²) in [6.07, 6.45) is 10.4. The van der Waals surface area contributed by atoms with E-state index < -0.39 is 0 Å². The molecule has 1 aromatic heterocycles. The predicted octanol–water partition coefficient (Wildman–Crippen LogP) is 3.49. The lowest BCUT2D eigenvalue weighted by molar-refractivity contribution is -0.0721. The van der Waals surface area contributed by atoms with Gasteiger partial charge in [-0.2, -0.15) is 0 Å². The van der Waals surface area contributed by atoms with Gasteiger partial charge < -0.3 is 19.7 Å². The van der Waals surface area contributed by atoms with Crippen LogP contribution in [0.1, 0.15) is 48.9 Å². The minimum atomic E-state index is 0. The molecule has 0 bridgehead atoms. The van der Waals surface area contributed by atoms with Gasteiger partial charge in [-0.25, -0.2) is 4.98 Å². The number of aryl methyl sites for hydroxylation is 1. The van der Waals surface area contributed by atoms with E-state index in [0.717, 1.165) is 70.9 Å². The van der Waals surface area contributed by atoms with Crippen molar-refractivity contribution in [3.8, 4) is 0 Å². The van der Waals surface area contributed by atoms with Crippen LogP contribution in [-0.2, 0) is 22.3 Å². The second kappa shape index (κ2) is 13.0. The highest BCUT2D eigenvalue weighted by molar-refractivity contribution is 14.0. The van der Waals surface area contributed by atoms with Gasteiger partial charge in [-0.15, -0.1) is 35.3 Å². The molecule has 0 aromatic carbocycles. The second-order valence-corrected chi connectivity index (χ2v) is 8.51. The quantitative estimate of drug-likeness (QED) is 0.338. The molecule has 0 saturated carbocycles. The molecule has 2 saturated heterocycles. The van der Waals surface area contributed by atoms with E-state index in [1.54, 1.807) is 0 Å². The van der Waals surface area contributed by atoms with Crippen molar-refractivity contribution < 1.29 is 9.47 Å². The normalized spacial score (nSPS) is 21.4. The molecule has 1 N–H and O–H groups in total. The van der Waals surface area contributed by atoms with Crippen molar-refractivity contribution in [1.29, 1.82) is 0 Å². The number of rotatable bonds is 7. The largest absolute Gasteiger partial charge is 0.376 e. The summed E-state index contributed by atoms with van der Waals surface area (Å²) in [7, 11) is 1.86. The minimum Gasteiger partial charge on any atom is -0.376 e. The summed E-state index contributed by atoms with van der Waals surface area (Å²) in [5.41, 5.74) is 0. The maximum absolute atomic E-state index is 6.12. The molecule has 3 rings (SSSR count). The Morgan fingerprint density at radius 2 is 2.18 bits per heavy atom. The molecule has 1 unspecified atom stereocenters. The number of piperidine rings is 1. The number of aromatic nitrogens is 1. The molecular formula is C20H35IN4O2S. The Bertz CT molecular complexity index is 585. The van der Waals surface area contributed by atoms with E-state index >= 15 is 0 Å². The van der Waals surface area contributed by atoms with Crippen molar-refractivity contribution in [2.45, 2.75) is 64.1 Å². The topological polar surface area (TPSA) is 59.0 Å². The number of guanidine groups is 1. The van der Waals surface area contributed by atoms with E-state index in [9.17, 15) is 0 Å². The highest BCUT2D eigenvalue weighted by Gasteiger charge is 2.23. The van der Waals surface area contributed by atoms with Gasteiger partial charge >= 0.3 is 0 Å². The molecule has 160 valence electrons. The fourth-order valence-electron chi connectivity index (χ4n) is 3.66. The molecule has 2 aliphatic rings. The van der Waals surface area contributed by atoms with E-state index in [-0.39, 0.29) is 24.0 Å². The van der Waals surface area contributed by atoms with Crippen molar-refractivity contribution in [2.75, 3.05) is 39.9 Å². The van der Waals surface area contributed by atoms with E-state index in [2.05, 4.69) is 27.1 Å². The molecule has 28 heavy (non-hydrogen) atoms. The number of aliphatic imine (C=N–C) groups is 1. The molecule has 2 fully saturated rings. The first-order chi connectivity index (χ1) is 13.3. The van der Waals surface area contributed by atoms with Gasteiger partial charge in [0.25, 0.3) is 0 Å². The van der Waals surface area contributed by atoms with Crippen LogP contribution >= 0.6 is 35.3 Å². The molecule has 2 aliphatic heterocycles. The number of halogens is 1. The van der Waals surface area contributed by atoms with Gasteiger partial charge in [-0.05, 0) is 38.5 Å². The Morgan fingerprint density at radius 3 is 2.82 bits per heavy atom. The average molecular weight is 522 g/mol. The fraction of sp³-hybridized carbons (Fsp3) is 0.800. The highest BCUT2D eigenvalue weighted by Crippen LogP contribution is 2.18. The van der Waals surface area contributed by atoms with Gasteiger partial charge in [-0.1, -0.05) is 6.92 Å². The monoisotopic (exact) mass is 522 g/mol. The molecule has 3 heterocycles. The summed E-state index contributed by atoms with van der Waals surface area (Å²) in [6.45, 7) is 6.69. The van der Waals surface area contributed by atoms with Crippen LogP contribution in [0, 0.1) is 0 Å². The number of nitrogens with zero attached hydrogens (tertiary/aromatic N) is 3. The number of thiazole rings is 1. The molecule has 8 heteroatoms. The third-order valence-electron chi connectivity index (χ3n) is 5.32. The van der Waals surface area contributed by atoms with Crippen LogP contribution in [0.5, 0.6) is 0 Å². The van der Waals surface area contributed by atoms with Crippen molar-refractivity contribution in [3.05, 3.63) is 16.1 Å². The molecule has 6 nitrogen and oxygen atoms in total. The first kappa shape index (κ1) is 23.8. The minimum absolute atomic E-state index is 0. The van der Waals surface area contributed by atoms with Gasteiger partial charge in [0.1, 0.15) is 0 Å². The van der Waals surface area contributed by atoms with Gasteiger partial charge in [0.15, 0.2) is 5.96 Å². The van der Waals surface area contributed by atoms with E-state index in [0.29, 0.717) is 12.2 Å². The van der Waals surface area contributed by atoms with E-state index in [4.69, 9.17) is 9.47 Å². The molecule has 0 aliphatic carbocycles. The van der Waals surface area contributed by atoms with E-state index in [1.165, 1.54) is 22.7 Å². The van der Waals surface area contributed by atoms with Crippen LogP contribution in [-0.4, -0.2) is 67.9 Å². The Balaban J connectivity index is 0.00000280. The summed E-state index contributed by atoms with van der Waals surface area (Å²) in [5.74, 6) is 0.997. The Hall–Kier alpha value is -0.450. The summed E-state index contributed by atoms with van der Waals surface area (Å²) < 4.78 is 11.9. The molecule has 0 spiro atoms. The van der Waals surface area contributed by atoms with Crippen LogP contribution in [0.25, 0.3) is 0 Å². The molecule has 0 radical (unpaired) electrons. The number of hydrogen-bond acceptors (Lipinski definition) is 5. The number of likely N-dealkylation sites (tertiary alicyclic amines) is 1. The van der Waals surface area contributed by atoms with Gasteiger partial charge in [-0.3, -0.25) is 4.99 Å². The van der Waals surface area contributed by atoms with Gasteiger partial charge in [0.05, 0.1) is 23.8 Å². The standard InChI is InChI=1S/C20H34N4O2S.HI/c1-3-18-14-23-19(27-18)7-10-22-20(21-2)24-11-8-16(9-12-24)26-15-17-6-4-5-13-25-17;/h14,16-17H,3-13,15H2,1-2H3,(H,21,22);1H. The summed E-state index contributed by atoms with van der Waals surface area (Å²) in [6, 6.07) is 0. The van der Waals surface area contributed by atoms with Crippen molar-refractivity contribution in [2.24, 2.45) is 4.99 Å². The molecule has 1 atom stereocenters. The smallest absolute Gasteiger partial charge is 0.193 e. The summed E-state index contributed by atoms with van der Waals surface area (Å²) in [5, 5.41) is 4.70. The first-order valence-corrected chi connectivity index (χ1v) is 11.2. The Morgan fingerprint density at radius 1 is 1.36 bits per heavy atom. The predicted molar refractivity (Wildman–Crippen MR) is 126 cm³/mol. The highest BCUT2D eigenvalue weighted by atomic mass is 127. The average Bonchev–Trinajstić information content (AvgIpc) is 3.19. The van der Waals surface area contributed by atoms with Crippen LogP contribution in [0.3, 0.4) is 0 Å². The lowest BCUT2D eigenvalue weighted by Crippen LogP contribution is -2.47. The zero-order valence-electron chi connectivity index (χ0n) is 17.2. The fourth-order valence-corrected chi connectivity index (χ4v) is 4.52. The summed E-state index contributed by atoms with van der Waals surface area (Å²) >= 11 is 1.81. The van der Waals surface area contributed by atoms with Gasteiger partial charge in [0, 0.05) is 50.8 Å². The van der Waals surface area contributed by atoms with Crippen LogP contribution < -0.4 is 5.32 Å². The Labute approximate surface area is 190 Å².